The van der Waals surface area contributed by atoms with Gasteiger partial charge in [0.05, 0.1) is 16.7 Å². The van der Waals surface area contributed by atoms with Gasteiger partial charge in [-0.25, -0.2) is 14.4 Å². The normalized spacial score (nSPS) is 12.0. The molecule has 0 amide bonds. The minimum Gasteiger partial charge on any atom is -0.588 e. The van der Waals surface area contributed by atoms with E-state index in [1.165, 1.54) is 6.07 Å². The van der Waals surface area contributed by atoms with Gasteiger partial charge in [-0.1, -0.05) is 42.0 Å². The van der Waals surface area contributed by atoms with E-state index < -0.39 is 17.2 Å². The van der Waals surface area contributed by atoms with E-state index in [9.17, 15) is 8.94 Å². The molecule has 5 nitrogen and oxygen atoms in total. The van der Waals surface area contributed by atoms with Crippen molar-refractivity contribution < 1.29 is 8.94 Å². The molecule has 0 aliphatic heterocycles. The molecular formula is C21H17FN4OS. The zero-order valence-electron chi connectivity index (χ0n) is 15.0. The lowest BCUT2D eigenvalue weighted by molar-refractivity contribution is 0.600. The Balaban J connectivity index is 1.72. The summed E-state index contributed by atoms with van der Waals surface area (Å²) in [5.41, 5.74) is 2.63. The molecule has 4 rings (SSSR count). The zero-order valence-corrected chi connectivity index (χ0v) is 15.8. The van der Waals surface area contributed by atoms with Crippen LogP contribution in [0, 0.1) is 12.7 Å². The topological polar surface area (TPSA) is 72.9 Å². The summed E-state index contributed by atoms with van der Waals surface area (Å²) in [6.07, 6.45) is 0. The number of aryl methyl sites for hydroxylation is 1. The fraction of sp³-hybridized carbons (Fsp3) is 0.0476. The van der Waals surface area contributed by atoms with E-state index in [0.717, 1.165) is 5.56 Å². The van der Waals surface area contributed by atoms with E-state index in [-0.39, 0.29) is 11.5 Å². The first-order chi connectivity index (χ1) is 13.6. The van der Waals surface area contributed by atoms with Crippen LogP contribution in [0.25, 0.3) is 11.0 Å². The number of nitrogens with zero attached hydrogens (tertiary/aromatic N) is 2. The van der Waals surface area contributed by atoms with E-state index in [2.05, 4.69) is 20.0 Å². The Labute approximate surface area is 165 Å². The highest BCUT2D eigenvalue weighted by molar-refractivity contribution is 7.92. The quantitative estimate of drug-likeness (QED) is 0.470. The van der Waals surface area contributed by atoms with E-state index >= 15 is 0 Å². The number of hydrogen-bond acceptors (Lipinski definition) is 5. The number of fused-ring (bicyclic) bond motifs is 1. The molecule has 0 aliphatic carbocycles. The van der Waals surface area contributed by atoms with Gasteiger partial charge in [-0.3, -0.25) is 0 Å². The lowest BCUT2D eigenvalue weighted by Crippen LogP contribution is -2.16. The molecule has 28 heavy (non-hydrogen) atoms. The van der Waals surface area contributed by atoms with Gasteiger partial charge in [-0.2, -0.15) is 4.72 Å². The van der Waals surface area contributed by atoms with Crippen LogP contribution in [0.3, 0.4) is 0 Å². The summed E-state index contributed by atoms with van der Waals surface area (Å²) in [4.78, 5) is 9.68. The van der Waals surface area contributed by atoms with E-state index in [1.54, 1.807) is 30.3 Å². The third kappa shape index (κ3) is 3.90. The van der Waals surface area contributed by atoms with Crippen LogP contribution >= 0.6 is 0 Å². The molecule has 0 spiro atoms. The van der Waals surface area contributed by atoms with E-state index in [1.807, 2.05) is 43.3 Å². The van der Waals surface area contributed by atoms with Gasteiger partial charge in [-0.05, 0) is 43.3 Å². The van der Waals surface area contributed by atoms with Crippen LogP contribution in [0.1, 0.15) is 5.56 Å². The Hall–Kier alpha value is -3.16. The zero-order chi connectivity index (χ0) is 19.5. The first-order valence-electron chi connectivity index (χ1n) is 8.63. The largest absolute Gasteiger partial charge is 0.588 e. The smallest absolute Gasteiger partial charge is 0.214 e. The summed E-state index contributed by atoms with van der Waals surface area (Å²) in [7, 11) is 0. The first-order valence-corrected chi connectivity index (χ1v) is 9.78. The monoisotopic (exact) mass is 392 g/mol. The highest BCUT2D eigenvalue weighted by Gasteiger charge is 2.18. The molecule has 0 bridgehead atoms. The fourth-order valence-electron chi connectivity index (χ4n) is 2.66. The van der Waals surface area contributed by atoms with Crippen LogP contribution in [0.5, 0.6) is 0 Å². The molecule has 4 aromatic rings. The molecule has 0 aliphatic rings. The lowest BCUT2D eigenvalue weighted by Gasteiger charge is -2.15. The molecule has 0 saturated heterocycles. The van der Waals surface area contributed by atoms with Gasteiger partial charge < -0.3 is 9.87 Å². The van der Waals surface area contributed by atoms with Crippen molar-refractivity contribution in [2.75, 3.05) is 10.0 Å². The standard InChI is InChI=1S/C21H17FN4OS/c1-14-10-12-15(13-11-14)28(27)26-21-20(23-17-7-3-2-6-16(17)22)24-18-8-4-5-9-19(18)25-21/h2-13H,1H3,(H,23,24)(H,25,26). The van der Waals surface area contributed by atoms with Gasteiger partial charge in [0.2, 0.25) is 5.82 Å². The average Bonchev–Trinajstić information content (AvgIpc) is 2.70. The average molecular weight is 392 g/mol. The molecule has 0 saturated carbocycles. The number of aromatic nitrogens is 2. The molecular weight excluding hydrogens is 375 g/mol. The van der Waals surface area contributed by atoms with Gasteiger partial charge in [0.25, 0.3) is 0 Å². The summed E-state index contributed by atoms with van der Waals surface area (Å²) >= 11 is -1.55. The van der Waals surface area contributed by atoms with Crippen LogP contribution in [0.15, 0.2) is 77.7 Å². The number of anilines is 3. The van der Waals surface area contributed by atoms with Gasteiger partial charge >= 0.3 is 0 Å². The molecule has 140 valence electrons. The van der Waals surface area contributed by atoms with Crippen LogP contribution in [0.2, 0.25) is 0 Å². The molecule has 1 heterocycles. The maximum absolute atomic E-state index is 14.1. The number of halogens is 1. The summed E-state index contributed by atoms with van der Waals surface area (Å²) < 4.78 is 29.8. The minimum absolute atomic E-state index is 0.260. The molecule has 7 heteroatoms. The van der Waals surface area contributed by atoms with Crippen molar-refractivity contribution in [2.24, 2.45) is 0 Å². The molecule has 0 radical (unpaired) electrons. The van der Waals surface area contributed by atoms with Crippen molar-refractivity contribution >= 4 is 39.7 Å². The van der Waals surface area contributed by atoms with Crippen LogP contribution in [-0.2, 0) is 11.4 Å². The Morgan fingerprint density at radius 1 is 0.821 bits per heavy atom. The fourth-order valence-corrected chi connectivity index (χ4v) is 3.48. The maximum atomic E-state index is 14.1. The van der Waals surface area contributed by atoms with Crippen molar-refractivity contribution in [1.82, 2.24) is 9.97 Å². The molecule has 3 aromatic carbocycles. The Morgan fingerprint density at radius 2 is 1.43 bits per heavy atom. The van der Waals surface area contributed by atoms with Crippen LogP contribution in [0.4, 0.5) is 21.7 Å². The SMILES string of the molecule is Cc1ccc([S+]([O-])Nc2nc3ccccc3nc2Nc2ccccc2F)cc1. The summed E-state index contributed by atoms with van der Waals surface area (Å²) in [6.45, 7) is 1.96. The predicted molar refractivity (Wildman–Crippen MR) is 110 cm³/mol. The van der Waals surface area contributed by atoms with Gasteiger partial charge in [0.15, 0.2) is 10.7 Å². The molecule has 1 atom stereocenters. The van der Waals surface area contributed by atoms with Crippen molar-refractivity contribution in [3.05, 3.63) is 84.2 Å². The minimum atomic E-state index is -1.55. The molecule has 2 N–H and O–H groups in total. The number of nitrogens with one attached hydrogen (secondary N) is 2. The number of para-hydroxylation sites is 3. The predicted octanol–water partition coefficient (Wildman–Crippen LogP) is 4.96. The number of rotatable bonds is 5. The lowest BCUT2D eigenvalue weighted by atomic mass is 10.2. The Bertz CT molecular complexity index is 1120. The van der Waals surface area contributed by atoms with E-state index in [0.29, 0.717) is 21.7 Å². The van der Waals surface area contributed by atoms with Crippen LogP contribution in [-0.4, -0.2) is 14.5 Å². The maximum Gasteiger partial charge on any atom is 0.214 e. The Kier molecular flexibility index (Phi) is 5.10. The second-order valence-corrected chi connectivity index (χ2v) is 7.41. The second kappa shape index (κ2) is 7.84. The van der Waals surface area contributed by atoms with Crippen molar-refractivity contribution in [3.63, 3.8) is 0 Å². The van der Waals surface area contributed by atoms with Crippen molar-refractivity contribution in [3.8, 4) is 0 Å². The third-order valence-electron chi connectivity index (χ3n) is 4.12. The highest BCUT2D eigenvalue weighted by Crippen LogP contribution is 2.28. The van der Waals surface area contributed by atoms with Crippen molar-refractivity contribution in [1.29, 1.82) is 0 Å². The van der Waals surface area contributed by atoms with Gasteiger partial charge in [0, 0.05) is 0 Å². The third-order valence-corrected chi connectivity index (χ3v) is 5.20. The molecule has 0 fully saturated rings. The van der Waals surface area contributed by atoms with Gasteiger partial charge in [0.1, 0.15) is 17.2 Å². The van der Waals surface area contributed by atoms with E-state index in [4.69, 9.17) is 0 Å². The van der Waals surface area contributed by atoms with Crippen LogP contribution < -0.4 is 10.0 Å². The molecule has 1 unspecified atom stereocenters. The highest BCUT2D eigenvalue weighted by atomic mass is 32.2. The number of benzene rings is 3. The second-order valence-electron chi connectivity index (χ2n) is 6.20. The Morgan fingerprint density at radius 3 is 2.11 bits per heavy atom. The summed E-state index contributed by atoms with van der Waals surface area (Å²) in [5, 5.41) is 2.95. The number of hydrogen-bond donors (Lipinski definition) is 2. The van der Waals surface area contributed by atoms with Crippen molar-refractivity contribution in [2.45, 2.75) is 11.8 Å². The van der Waals surface area contributed by atoms with Gasteiger partial charge in [-0.15, -0.1) is 0 Å². The summed E-state index contributed by atoms with van der Waals surface area (Å²) in [6, 6.07) is 21.0. The molecule has 1 aromatic heterocycles. The summed E-state index contributed by atoms with van der Waals surface area (Å²) in [5.74, 6) is 0.160. The first kappa shape index (κ1) is 18.2.